The topological polar surface area (TPSA) is 20.3 Å². The first-order chi connectivity index (χ1) is 36.0. The van der Waals surface area contributed by atoms with E-state index in [9.17, 15) is 4.79 Å². The van der Waals surface area contributed by atoms with Gasteiger partial charge in [-0.15, -0.1) is 45.8 Å². The summed E-state index contributed by atoms with van der Waals surface area (Å²) >= 11 is 7.78. The molecule has 1 aliphatic heterocycles. The van der Waals surface area contributed by atoms with Gasteiger partial charge in [0.15, 0.2) is 6.29 Å². The van der Waals surface area contributed by atoms with E-state index in [1.165, 1.54) is 196 Å². The Hall–Kier alpha value is -4.98. The Morgan fingerprint density at radius 2 is 0.959 bits per heavy atom. The van der Waals surface area contributed by atoms with Crippen LogP contribution in [0, 0.1) is 0 Å². The molecule has 0 saturated carbocycles. The van der Waals surface area contributed by atoms with E-state index in [0.717, 1.165) is 36.2 Å². The lowest BCUT2D eigenvalue weighted by molar-refractivity contribution is 0.112. The number of benzene rings is 5. The molecule has 0 unspecified atom stereocenters. The summed E-state index contributed by atoms with van der Waals surface area (Å²) in [5, 5.41) is 0. The second kappa shape index (κ2) is 21.6. The van der Waals surface area contributed by atoms with Crippen molar-refractivity contribution in [3.63, 3.8) is 0 Å². The predicted molar refractivity (Wildman–Crippen MR) is 325 cm³/mol. The van der Waals surface area contributed by atoms with Crippen LogP contribution in [0.15, 0.2) is 120 Å². The van der Waals surface area contributed by atoms with Crippen molar-refractivity contribution in [3.8, 4) is 52.2 Å². The number of aryl methyl sites for hydroxylation is 3. The monoisotopic (exact) mass is 1050 g/mol. The Morgan fingerprint density at radius 1 is 0.486 bits per heavy atom. The Morgan fingerprint density at radius 3 is 1.49 bits per heavy atom. The van der Waals surface area contributed by atoms with E-state index in [0.29, 0.717) is 0 Å². The van der Waals surface area contributed by atoms with Gasteiger partial charge in [-0.1, -0.05) is 173 Å². The van der Waals surface area contributed by atoms with Crippen LogP contribution in [0.1, 0.15) is 180 Å². The van der Waals surface area contributed by atoms with E-state index in [2.05, 4.69) is 180 Å². The van der Waals surface area contributed by atoms with Gasteiger partial charge in [0.1, 0.15) is 0 Å². The Balaban J connectivity index is 1.06. The average molecular weight is 1050 g/mol. The highest BCUT2D eigenvalue weighted by molar-refractivity contribution is 7.99. The summed E-state index contributed by atoms with van der Waals surface area (Å²) in [7, 11) is 0. The smallest absolute Gasteiger partial charge is 0.160 e. The van der Waals surface area contributed by atoms with Crippen LogP contribution in [0.4, 0.5) is 17.1 Å². The zero-order chi connectivity index (χ0) is 51.1. The number of anilines is 3. The maximum Gasteiger partial charge on any atom is 0.160 e. The fraction of sp³-hybridized carbons (Fsp3) is 0.368. The van der Waals surface area contributed by atoms with Gasteiger partial charge in [0, 0.05) is 62.8 Å². The molecule has 5 aromatic carbocycles. The first-order valence-corrected chi connectivity index (χ1v) is 31.4. The summed E-state index contributed by atoms with van der Waals surface area (Å²) in [4.78, 5) is 24.1. The van der Waals surface area contributed by atoms with Crippen LogP contribution in [0.5, 0.6) is 0 Å². The van der Waals surface area contributed by atoms with Gasteiger partial charge in [-0.05, 0) is 154 Å². The third-order valence-electron chi connectivity index (χ3n) is 16.6. The molecule has 8 aromatic rings. The molecule has 3 aliphatic rings. The van der Waals surface area contributed by atoms with Crippen LogP contribution in [0.2, 0.25) is 0 Å². The van der Waals surface area contributed by atoms with E-state index in [4.69, 9.17) is 0 Å². The van der Waals surface area contributed by atoms with Gasteiger partial charge in [-0.2, -0.15) is 0 Å². The third kappa shape index (κ3) is 9.32. The number of carbonyl (C=O) groups is 1. The molecule has 6 heteroatoms. The van der Waals surface area contributed by atoms with Crippen LogP contribution in [0.3, 0.4) is 0 Å². The number of thiophene rings is 3. The summed E-state index contributed by atoms with van der Waals surface area (Å²) in [5.74, 6) is 0.977. The van der Waals surface area contributed by atoms with Gasteiger partial charge in [-0.3, -0.25) is 4.79 Å². The highest BCUT2D eigenvalue weighted by Gasteiger charge is 2.39. The number of thioether (sulfide) groups is 1. The number of carbonyl (C=O) groups excluding carboxylic acids is 1. The second-order valence-electron chi connectivity index (χ2n) is 22.4. The van der Waals surface area contributed by atoms with Crippen molar-refractivity contribution < 1.29 is 4.79 Å². The van der Waals surface area contributed by atoms with E-state index in [1.807, 2.05) is 23.1 Å². The fourth-order valence-corrected chi connectivity index (χ4v) is 17.6. The first-order valence-electron chi connectivity index (χ1n) is 28.0. The molecule has 3 aromatic heterocycles. The van der Waals surface area contributed by atoms with Crippen molar-refractivity contribution >= 4 is 69.1 Å². The molecule has 4 heterocycles. The lowest BCUT2D eigenvalue weighted by Gasteiger charge is -2.31. The molecule has 0 radical (unpaired) electrons. The highest BCUT2D eigenvalue weighted by atomic mass is 32.2. The molecule has 0 fully saturated rings. The van der Waals surface area contributed by atoms with Crippen molar-refractivity contribution in [1.29, 1.82) is 0 Å². The normalized spacial score (nSPS) is 14.3. The fourth-order valence-electron chi connectivity index (χ4n) is 12.5. The van der Waals surface area contributed by atoms with E-state index in [-0.39, 0.29) is 10.8 Å². The molecular formula is C68H73NOS4. The molecule has 380 valence electrons. The van der Waals surface area contributed by atoms with Crippen molar-refractivity contribution in [3.05, 3.63) is 165 Å². The molecule has 2 bridgehead atoms. The van der Waals surface area contributed by atoms with Crippen molar-refractivity contribution in [2.24, 2.45) is 0 Å². The lowest BCUT2D eigenvalue weighted by atomic mass is 9.82. The first kappa shape index (κ1) is 51.1. The van der Waals surface area contributed by atoms with Crippen molar-refractivity contribution in [2.45, 2.75) is 166 Å². The summed E-state index contributed by atoms with van der Waals surface area (Å²) < 4.78 is 0. The molecule has 11 rings (SSSR count). The Kier molecular flexibility index (Phi) is 14.9. The van der Waals surface area contributed by atoms with E-state index >= 15 is 0 Å². The summed E-state index contributed by atoms with van der Waals surface area (Å²) in [6, 6.07) is 44.9. The zero-order valence-corrected chi connectivity index (χ0v) is 48.1. The van der Waals surface area contributed by atoms with Gasteiger partial charge < -0.3 is 4.90 Å². The molecule has 74 heavy (non-hydrogen) atoms. The molecule has 0 N–H and O–H groups in total. The molecule has 0 amide bonds. The number of hydrogen-bond donors (Lipinski definition) is 0. The van der Waals surface area contributed by atoms with Crippen molar-refractivity contribution in [1.82, 2.24) is 0 Å². The number of aldehydes is 1. The summed E-state index contributed by atoms with van der Waals surface area (Å²) in [5.41, 5.74) is 21.7. The number of fused-ring (bicyclic) bond motifs is 8. The minimum absolute atomic E-state index is 0.122. The third-order valence-corrected chi connectivity index (χ3v) is 21.6. The maximum atomic E-state index is 12.3. The molecule has 0 spiro atoms. The number of hydrogen-bond acceptors (Lipinski definition) is 6. The summed E-state index contributed by atoms with van der Waals surface area (Å²) in [6.07, 6.45) is 19.1. The van der Waals surface area contributed by atoms with E-state index < -0.39 is 0 Å². The number of unbranched alkanes of at least 4 members (excludes halogenated alkanes) is 9. The van der Waals surface area contributed by atoms with Gasteiger partial charge in [0.25, 0.3) is 0 Å². The maximum absolute atomic E-state index is 12.3. The minimum Gasteiger partial charge on any atom is -0.309 e. The number of rotatable bonds is 22. The molecular weight excluding hydrogens is 975 g/mol. The molecule has 2 aliphatic carbocycles. The SMILES string of the molecule is CCCCCCc1cc(C=O)sc1-c1cc(CCCCCC)c(-c2cc(CCCCCC)c(-c3c4ccc(N(c5ccc6c(c5)C(C)(C)c5ccccc5-6)c5ccc6c(c5)C(C)(C)c5ccccc5-6)c3SC4)s2)s1. The standard InChI is InChI=1S/C68H73NOS4/c1-8-11-14-17-24-44-37-50(42-70)72-63(44)60-38-45(25-18-15-12-9-2)64(73-60)61-39-46(26-19-16-13-10-3)65(74-61)62-47-31-36-59(66(62)71-43-47)69(48-32-34-53-51-27-20-22-29-55(51)67(4,5)57(53)40-48)49-33-35-54-52-28-21-23-30-56(52)68(6,7)58(54)41-49/h20-23,27-42H,8-19,24-26,43H2,1-7H3. The second-order valence-corrected chi connectivity index (χ2v) is 26.5. The van der Waals surface area contributed by atoms with Crippen LogP contribution in [0.25, 0.3) is 52.2 Å². The molecule has 0 saturated heterocycles. The average Bonchev–Trinajstić information content (AvgIpc) is 4.28. The van der Waals surface area contributed by atoms with Gasteiger partial charge in [0.2, 0.25) is 0 Å². The van der Waals surface area contributed by atoms with Crippen LogP contribution in [-0.2, 0) is 35.8 Å². The Bertz CT molecular complexity index is 3250. The zero-order valence-electron chi connectivity index (χ0n) is 44.8. The van der Waals surface area contributed by atoms with E-state index in [1.54, 1.807) is 11.3 Å². The highest BCUT2D eigenvalue weighted by Crippen LogP contribution is 2.58. The lowest BCUT2D eigenvalue weighted by Crippen LogP contribution is -2.18. The Labute approximate surface area is 458 Å². The summed E-state index contributed by atoms with van der Waals surface area (Å²) in [6.45, 7) is 16.5. The minimum atomic E-state index is -0.122. The van der Waals surface area contributed by atoms with Crippen LogP contribution in [-0.4, -0.2) is 6.29 Å². The molecule has 2 nitrogen and oxygen atoms in total. The number of nitrogens with zero attached hydrogens (tertiary/aromatic N) is 1. The molecule has 0 atom stereocenters. The van der Waals surface area contributed by atoms with Crippen LogP contribution >= 0.6 is 45.8 Å². The van der Waals surface area contributed by atoms with Crippen LogP contribution < -0.4 is 4.90 Å². The van der Waals surface area contributed by atoms with Gasteiger partial charge in [-0.25, -0.2) is 0 Å². The van der Waals surface area contributed by atoms with Gasteiger partial charge >= 0.3 is 0 Å². The van der Waals surface area contributed by atoms with Gasteiger partial charge in [0.05, 0.1) is 10.6 Å². The predicted octanol–water partition coefficient (Wildman–Crippen LogP) is 21.7. The quantitative estimate of drug-likeness (QED) is 0.0498. The van der Waals surface area contributed by atoms with Crippen molar-refractivity contribution in [2.75, 3.05) is 4.90 Å². The largest absolute Gasteiger partial charge is 0.309 e.